The van der Waals surface area contributed by atoms with Crippen molar-refractivity contribution in [3.05, 3.63) is 36.5 Å². The van der Waals surface area contributed by atoms with Gasteiger partial charge in [-0.3, -0.25) is 9.78 Å². The van der Waals surface area contributed by atoms with Gasteiger partial charge in [-0.2, -0.15) is 0 Å². The Bertz CT molecular complexity index is 621. The number of anilines is 1. The number of fused-ring (bicyclic) bond motifs is 1. The number of hydrogen-bond donors (Lipinski definition) is 2. The molecular formula is C16H19N3O. The molecule has 4 nitrogen and oxygen atoms in total. The lowest BCUT2D eigenvalue weighted by Crippen LogP contribution is -2.48. The molecule has 2 unspecified atom stereocenters. The lowest BCUT2D eigenvalue weighted by atomic mass is 9.92. The third-order valence-electron chi connectivity index (χ3n) is 3.94. The lowest BCUT2D eigenvalue weighted by molar-refractivity contribution is -0.119. The average molecular weight is 269 g/mol. The minimum Gasteiger partial charge on any atom is -0.323 e. The zero-order chi connectivity index (χ0) is 13.9. The SMILES string of the molecule is CC1CCCNC1C(=O)Nc1cccc2cccnc12. The Kier molecular flexibility index (Phi) is 3.65. The van der Waals surface area contributed by atoms with Crippen molar-refractivity contribution < 1.29 is 4.79 Å². The van der Waals surface area contributed by atoms with Gasteiger partial charge in [-0.25, -0.2) is 0 Å². The number of hydrogen-bond acceptors (Lipinski definition) is 3. The van der Waals surface area contributed by atoms with Crippen molar-refractivity contribution in [3.63, 3.8) is 0 Å². The van der Waals surface area contributed by atoms with E-state index < -0.39 is 0 Å². The zero-order valence-electron chi connectivity index (χ0n) is 11.6. The first-order chi connectivity index (χ1) is 9.75. The second-order valence-electron chi connectivity index (χ2n) is 5.42. The molecule has 20 heavy (non-hydrogen) atoms. The van der Waals surface area contributed by atoms with E-state index in [0.29, 0.717) is 5.92 Å². The predicted octanol–water partition coefficient (Wildman–Crippen LogP) is 2.56. The van der Waals surface area contributed by atoms with Gasteiger partial charge in [0.25, 0.3) is 0 Å². The molecule has 4 heteroatoms. The fourth-order valence-electron chi connectivity index (χ4n) is 2.82. The third-order valence-corrected chi connectivity index (χ3v) is 3.94. The highest BCUT2D eigenvalue weighted by molar-refractivity contribution is 6.02. The van der Waals surface area contributed by atoms with E-state index in [0.717, 1.165) is 36.0 Å². The van der Waals surface area contributed by atoms with Gasteiger partial charge in [0.1, 0.15) is 0 Å². The van der Waals surface area contributed by atoms with Crippen molar-refractivity contribution in [2.75, 3.05) is 11.9 Å². The van der Waals surface area contributed by atoms with Gasteiger partial charge in [0.15, 0.2) is 0 Å². The van der Waals surface area contributed by atoms with Crippen molar-refractivity contribution in [1.82, 2.24) is 10.3 Å². The molecule has 1 aromatic carbocycles. The summed E-state index contributed by atoms with van der Waals surface area (Å²) < 4.78 is 0. The predicted molar refractivity (Wildman–Crippen MR) is 80.6 cm³/mol. The molecule has 2 atom stereocenters. The van der Waals surface area contributed by atoms with Gasteiger partial charge < -0.3 is 10.6 Å². The fourth-order valence-corrected chi connectivity index (χ4v) is 2.82. The highest BCUT2D eigenvalue weighted by Gasteiger charge is 2.27. The summed E-state index contributed by atoms with van der Waals surface area (Å²) in [6.07, 6.45) is 3.99. The van der Waals surface area contributed by atoms with Crippen LogP contribution < -0.4 is 10.6 Å². The molecule has 3 rings (SSSR count). The Morgan fingerprint density at radius 2 is 2.20 bits per heavy atom. The Balaban J connectivity index is 1.84. The molecule has 0 aliphatic carbocycles. The molecule has 1 aliphatic heterocycles. The van der Waals surface area contributed by atoms with Gasteiger partial charge in [-0.1, -0.05) is 25.1 Å². The van der Waals surface area contributed by atoms with Crippen LogP contribution in [0, 0.1) is 5.92 Å². The number of rotatable bonds is 2. The van der Waals surface area contributed by atoms with E-state index >= 15 is 0 Å². The number of nitrogens with zero attached hydrogens (tertiary/aromatic N) is 1. The first-order valence-electron chi connectivity index (χ1n) is 7.14. The molecule has 1 fully saturated rings. The summed E-state index contributed by atoms with van der Waals surface area (Å²) in [5, 5.41) is 7.36. The number of carbonyl (C=O) groups is 1. The van der Waals surface area contributed by atoms with E-state index in [1.54, 1.807) is 6.20 Å². The maximum absolute atomic E-state index is 12.4. The number of nitrogens with one attached hydrogen (secondary N) is 2. The number of para-hydroxylation sites is 1. The van der Waals surface area contributed by atoms with Gasteiger partial charge >= 0.3 is 0 Å². The first kappa shape index (κ1) is 13.1. The Hall–Kier alpha value is -1.94. The third kappa shape index (κ3) is 2.51. The molecule has 0 spiro atoms. The number of benzene rings is 1. The van der Waals surface area contributed by atoms with E-state index in [2.05, 4.69) is 22.5 Å². The van der Waals surface area contributed by atoms with Crippen LogP contribution in [0.15, 0.2) is 36.5 Å². The summed E-state index contributed by atoms with van der Waals surface area (Å²) in [5.41, 5.74) is 1.62. The maximum Gasteiger partial charge on any atom is 0.241 e. The van der Waals surface area contributed by atoms with Gasteiger partial charge in [0.2, 0.25) is 5.91 Å². The van der Waals surface area contributed by atoms with Crippen LogP contribution in [0.3, 0.4) is 0 Å². The summed E-state index contributed by atoms with van der Waals surface area (Å²) in [6, 6.07) is 9.64. The van der Waals surface area contributed by atoms with Crippen LogP contribution in [0.2, 0.25) is 0 Å². The Labute approximate surface area is 118 Å². The Morgan fingerprint density at radius 1 is 1.35 bits per heavy atom. The molecule has 2 N–H and O–H groups in total. The summed E-state index contributed by atoms with van der Waals surface area (Å²) in [7, 11) is 0. The zero-order valence-corrected chi connectivity index (χ0v) is 11.6. The van der Waals surface area contributed by atoms with Crippen molar-refractivity contribution in [1.29, 1.82) is 0 Å². The molecule has 0 radical (unpaired) electrons. The van der Waals surface area contributed by atoms with E-state index in [9.17, 15) is 4.79 Å². The second-order valence-corrected chi connectivity index (χ2v) is 5.42. The van der Waals surface area contributed by atoms with Gasteiger partial charge in [-0.15, -0.1) is 0 Å². The summed E-state index contributed by atoms with van der Waals surface area (Å²) in [5.74, 6) is 0.405. The van der Waals surface area contributed by atoms with Crippen molar-refractivity contribution >= 4 is 22.5 Å². The first-order valence-corrected chi connectivity index (χ1v) is 7.14. The van der Waals surface area contributed by atoms with Crippen LogP contribution in [0.25, 0.3) is 10.9 Å². The largest absolute Gasteiger partial charge is 0.323 e. The number of amides is 1. The monoisotopic (exact) mass is 269 g/mol. The van der Waals surface area contributed by atoms with Crippen LogP contribution in [-0.4, -0.2) is 23.5 Å². The molecule has 2 aromatic rings. The van der Waals surface area contributed by atoms with Crippen LogP contribution in [-0.2, 0) is 4.79 Å². The van der Waals surface area contributed by atoms with Crippen LogP contribution in [0.1, 0.15) is 19.8 Å². The van der Waals surface area contributed by atoms with Crippen LogP contribution in [0.4, 0.5) is 5.69 Å². The highest BCUT2D eigenvalue weighted by Crippen LogP contribution is 2.22. The highest BCUT2D eigenvalue weighted by atomic mass is 16.2. The molecule has 0 bridgehead atoms. The molecule has 2 heterocycles. The van der Waals surface area contributed by atoms with Crippen molar-refractivity contribution in [2.45, 2.75) is 25.8 Å². The van der Waals surface area contributed by atoms with E-state index in [-0.39, 0.29) is 11.9 Å². The summed E-state index contributed by atoms with van der Waals surface area (Å²) in [4.78, 5) is 16.8. The van der Waals surface area contributed by atoms with E-state index in [4.69, 9.17) is 0 Å². The molecule has 0 saturated carbocycles. The van der Waals surface area contributed by atoms with Crippen LogP contribution >= 0.6 is 0 Å². The van der Waals surface area contributed by atoms with Gasteiger partial charge in [-0.05, 0) is 37.4 Å². The standard InChI is InChI=1S/C16H19N3O/c1-11-5-3-9-17-14(11)16(20)19-13-8-2-6-12-7-4-10-18-15(12)13/h2,4,6-8,10-11,14,17H,3,5,9H2,1H3,(H,19,20). The van der Waals surface area contributed by atoms with Crippen LogP contribution in [0.5, 0.6) is 0 Å². The maximum atomic E-state index is 12.4. The summed E-state index contributed by atoms with van der Waals surface area (Å²) in [6.45, 7) is 3.04. The van der Waals surface area contributed by atoms with Crippen molar-refractivity contribution in [2.24, 2.45) is 5.92 Å². The molecule has 104 valence electrons. The van der Waals surface area contributed by atoms with Crippen molar-refractivity contribution in [3.8, 4) is 0 Å². The van der Waals surface area contributed by atoms with Gasteiger partial charge in [0, 0.05) is 11.6 Å². The fraction of sp³-hybridized carbons (Fsp3) is 0.375. The van der Waals surface area contributed by atoms with E-state index in [1.807, 2.05) is 30.3 Å². The average Bonchev–Trinajstić information content (AvgIpc) is 2.48. The second kappa shape index (κ2) is 5.59. The number of carbonyl (C=O) groups excluding carboxylic acids is 1. The Morgan fingerprint density at radius 3 is 3.05 bits per heavy atom. The summed E-state index contributed by atoms with van der Waals surface area (Å²) >= 11 is 0. The smallest absolute Gasteiger partial charge is 0.241 e. The quantitative estimate of drug-likeness (QED) is 0.881. The molecule has 1 amide bonds. The lowest BCUT2D eigenvalue weighted by Gasteiger charge is -2.29. The number of aromatic nitrogens is 1. The topological polar surface area (TPSA) is 54.0 Å². The number of pyridine rings is 1. The minimum absolute atomic E-state index is 0.0374. The molecule has 1 saturated heterocycles. The normalized spacial score (nSPS) is 22.6. The minimum atomic E-state index is -0.109. The molecule has 1 aliphatic rings. The van der Waals surface area contributed by atoms with E-state index in [1.165, 1.54) is 0 Å². The molecule has 1 aromatic heterocycles. The number of piperidine rings is 1. The van der Waals surface area contributed by atoms with Gasteiger partial charge in [0.05, 0.1) is 17.2 Å². The molecular weight excluding hydrogens is 250 g/mol.